The van der Waals surface area contributed by atoms with Gasteiger partial charge < -0.3 is 75.5 Å². The van der Waals surface area contributed by atoms with Crippen LogP contribution in [0.4, 0.5) is 0 Å². The maximum absolute atomic E-state index is 12.6. The van der Waals surface area contributed by atoms with Crippen LogP contribution in [0.5, 0.6) is 57.5 Å². The largest absolute Gasteiger partial charge is 0.508 e. The molecule has 15 nitrogen and oxygen atoms in total. The Morgan fingerprint density at radius 1 is 0.476 bits per heavy atom. The minimum Gasteiger partial charge on any atom is -0.508 e. The van der Waals surface area contributed by atoms with Gasteiger partial charge in [0.25, 0.3) is 0 Å². The van der Waals surface area contributed by atoms with Crippen LogP contribution in [-0.4, -0.2) is 98.6 Å². The van der Waals surface area contributed by atoms with E-state index in [-0.39, 0.29) is 45.8 Å². The maximum atomic E-state index is 12.6. The number of hydrogen-bond acceptors (Lipinski definition) is 15. The molecule has 2 aliphatic carbocycles. The molecule has 6 aromatic carbocycles. The third kappa shape index (κ3) is 6.30. The fraction of sp³-hybridized carbons (Fsp3) is 0.250. The van der Waals surface area contributed by atoms with Gasteiger partial charge >= 0.3 is 0 Å². The van der Waals surface area contributed by atoms with Crippen LogP contribution < -0.4 is 9.47 Å². The van der Waals surface area contributed by atoms with Gasteiger partial charge in [-0.2, -0.15) is 0 Å². The van der Waals surface area contributed by atoms with Crippen LogP contribution in [0.25, 0.3) is 0 Å². The van der Waals surface area contributed by atoms with Crippen LogP contribution in [0.15, 0.2) is 103 Å². The summed E-state index contributed by atoms with van der Waals surface area (Å²) in [5.41, 5.74) is 4.16. The standard InChI is InChI=1S/C48H42O15/c49-18-33-42(57)44(59)45(60)48(62-33)63-47-31(56)17-29-39-34(19-1-7-22(50)8-2-19)36-27(13-25(53)15-30(36)55)41-37-28(38(39)35(40(29)43(47)58)20-3-9-23(51)10-4-20)14-26(54)16-32(37)61-46(41)21-5-11-24(52)12-6-21/h1-17,33-35,38-39,41-42,44-46,48-60H,18H2/t33-,34-,35+,38+,39-,41+,42-,44+,45-,46-,48+/m0/s1. The van der Waals surface area contributed by atoms with Crippen LogP contribution in [0.2, 0.25) is 0 Å². The zero-order chi connectivity index (χ0) is 44.2. The van der Waals surface area contributed by atoms with Crippen molar-refractivity contribution in [3.05, 3.63) is 153 Å². The summed E-state index contributed by atoms with van der Waals surface area (Å²) in [5.74, 6) is -6.69. The quantitative estimate of drug-likeness (QED) is 0.106. The van der Waals surface area contributed by atoms with E-state index in [4.69, 9.17) is 14.2 Å². The van der Waals surface area contributed by atoms with Crippen molar-refractivity contribution >= 4 is 0 Å². The Balaban J connectivity index is 1.29. The van der Waals surface area contributed by atoms with Crippen molar-refractivity contribution in [1.82, 2.24) is 0 Å². The van der Waals surface area contributed by atoms with Gasteiger partial charge in [0.1, 0.15) is 70.8 Å². The number of fused-ring (bicyclic) bond motifs is 6. The van der Waals surface area contributed by atoms with Gasteiger partial charge in [-0.25, -0.2) is 0 Å². The van der Waals surface area contributed by atoms with Gasteiger partial charge in [-0.1, -0.05) is 36.4 Å². The Labute approximate surface area is 358 Å². The third-order valence-electron chi connectivity index (χ3n) is 13.1. The minimum atomic E-state index is -1.90. The highest BCUT2D eigenvalue weighted by Gasteiger charge is 2.55. The first kappa shape index (κ1) is 40.2. The average molecular weight is 859 g/mol. The van der Waals surface area contributed by atoms with E-state index in [1.165, 1.54) is 60.7 Å². The molecule has 10 rings (SSSR count). The van der Waals surface area contributed by atoms with Gasteiger partial charge in [-0.05, 0) is 88.0 Å². The summed E-state index contributed by atoms with van der Waals surface area (Å²) in [6.45, 7) is -0.767. The lowest BCUT2D eigenvalue weighted by molar-refractivity contribution is -0.277. The molecule has 0 radical (unpaired) electrons. The van der Waals surface area contributed by atoms with Crippen molar-refractivity contribution in [3.63, 3.8) is 0 Å². The van der Waals surface area contributed by atoms with Crippen molar-refractivity contribution in [2.24, 2.45) is 0 Å². The molecule has 0 amide bonds. The molecular weight excluding hydrogens is 817 g/mol. The smallest absolute Gasteiger partial charge is 0.229 e. The minimum absolute atomic E-state index is 0.00889. The summed E-state index contributed by atoms with van der Waals surface area (Å²) >= 11 is 0. The van der Waals surface area contributed by atoms with Gasteiger partial charge in [0.15, 0.2) is 11.5 Å². The van der Waals surface area contributed by atoms with Gasteiger partial charge in [-0.15, -0.1) is 0 Å². The Morgan fingerprint density at radius 2 is 1.00 bits per heavy atom. The molecule has 11 atom stereocenters. The second-order valence-corrected chi connectivity index (χ2v) is 16.6. The highest BCUT2D eigenvalue weighted by atomic mass is 16.7. The molecule has 6 aromatic rings. The second kappa shape index (κ2) is 14.9. The molecule has 15 heteroatoms. The molecule has 4 aliphatic rings. The number of aliphatic hydroxyl groups excluding tert-OH is 4. The predicted molar refractivity (Wildman–Crippen MR) is 221 cm³/mol. The van der Waals surface area contributed by atoms with E-state index < -0.39 is 90.3 Å². The van der Waals surface area contributed by atoms with Crippen molar-refractivity contribution in [3.8, 4) is 57.5 Å². The molecule has 1 fully saturated rings. The first-order chi connectivity index (χ1) is 30.2. The summed E-state index contributed by atoms with van der Waals surface area (Å²) in [4.78, 5) is 0. The average Bonchev–Trinajstić information content (AvgIpc) is 3.79. The molecule has 2 aliphatic heterocycles. The Hall–Kier alpha value is -6.88. The van der Waals surface area contributed by atoms with E-state index in [1.54, 1.807) is 42.5 Å². The lowest BCUT2D eigenvalue weighted by Crippen LogP contribution is -2.60. The Kier molecular flexibility index (Phi) is 9.50. The van der Waals surface area contributed by atoms with Crippen LogP contribution in [-0.2, 0) is 4.74 Å². The Bertz CT molecular complexity index is 2740. The fourth-order valence-corrected chi connectivity index (χ4v) is 10.5. The number of aromatic hydroxyl groups is 8. The first-order valence-electron chi connectivity index (χ1n) is 20.3. The van der Waals surface area contributed by atoms with E-state index in [0.29, 0.717) is 44.5 Å². The second-order valence-electron chi connectivity index (χ2n) is 16.6. The molecule has 12 N–H and O–H groups in total. The van der Waals surface area contributed by atoms with Crippen molar-refractivity contribution in [2.45, 2.75) is 66.4 Å². The molecule has 324 valence electrons. The van der Waals surface area contributed by atoms with Gasteiger partial charge in [0.05, 0.1) is 12.5 Å². The summed E-state index contributed by atoms with van der Waals surface area (Å²) in [7, 11) is 0. The fourth-order valence-electron chi connectivity index (χ4n) is 10.5. The van der Waals surface area contributed by atoms with Crippen LogP contribution in [0.3, 0.4) is 0 Å². The molecule has 0 aromatic heterocycles. The monoisotopic (exact) mass is 858 g/mol. The zero-order valence-electron chi connectivity index (χ0n) is 33.0. The van der Waals surface area contributed by atoms with Crippen LogP contribution in [0, 0.1) is 0 Å². The Morgan fingerprint density at radius 3 is 1.59 bits per heavy atom. The zero-order valence-corrected chi connectivity index (χ0v) is 33.0. The number of phenols is 8. The highest BCUT2D eigenvalue weighted by molar-refractivity contribution is 5.72. The highest BCUT2D eigenvalue weighted by Crippen LogP contribution is 2.70. The summed E-state index contributed by atoms with van der Waals surface area (Å²) in [6.07, 6.45) is -9.48. The van der Waals surface area contributed by atoms with Gasteiger partial charge in [0.2, 0.25) is 12.0 Å². The molecule has 2 heterocycles. The third-order valence-corrected chi connectivity index (χ3v) is 13.1. The van der Waals surface area contributed by atoms with E-state index >= 15 is 0 Å². The summed E-state index contributed by atoms with van der Waals surface area (Å²) in [6, 6.07) is 26.1. The maximum Gasteiger partial charge on any atom is 0.229 e. The normalized spacial score (nSPS) is 27.8. The number of aliphatic hydroxyl groups is 4. The molecule has 0 unspecified atom stereocenters. The van der Waals surface area contributed by atoms with E-state index in [9.17, 15) is 61.3 Å². The van der Waals surface area contributed by atoms with Crippen molar-refractivity contribution in [1.29, 1.82) is 0 Å². The van der Waals surface area contributed by atoms with E-state index in [0.717, 1.165) is 0 Å². The molecule has 0 spiro atoms. The number of phenolic OH excluding ortho intramolecular Hbond substituents is 8. The van der Waals surface area contributed by atoms with Gasteiger partial charge in [-0.3, -0.25) is 0 Å². The van der Waals surface area contributed by atoms with Crippen LogP contribution >= 0.6 is 0 Å². The van der Waals surface area contributed by atoms with Crippen molar-refractivity contribution < 1.29 is 75.5 Å². The number of benzene rings is 6. The summed E-state index contributed by atoms with van der Waals surface area (Å²) < 4.78 is 18.3. The number of rotatable bonds is 6. The summed E-state index contributed by atoms with van der Waals surface area (Å²) in [5, 5.41) is 133. The first-order valence-corrected chi connectivity index (χ1v) is 20.3. The molecule has 0 bridgehead atoms. The molecule has 0 saturated carbocycles. The van der Waals surface area contributed by atoms with E-state index in [1.807, 2.05) is 0 Å². The van der Waals surface area contributed by atoms with Crippen molar-refractivity contribution in [2.75, 3.05) is 6.61 Å². The molecule has 1 saturated heterocycles. The lowest BCUT2D eigenvalue weighted by Gasteiger charge is -2.39. The molecule has 63 heavy (non-hydrogen) atoms. The molecular formula is C48H42O15. The number of hydrogen-bond donors (Lipinski definition) is 12. The topological polar surface area (TPSA) is 270 Å². The van der Waals surface area contributed by atoms with Gasteiger partial charge in [0, 0.05) is 52.5 Å². The van der Waals surface area contributed by atoms with E-state index in [2.05, 4.69) is 0 Å². The lowest BCUT2D eigenvalue weighted by atomic mass is 9.63. The number of ether oxygens (including phenoxy) is 3. The SMILES string of the molecule is OC[C@@H]1O[C@H](Oc2c(O)cc3c(c2O)[C@H](c2ccc(O)cc2)[C@H]2c4cc(O)cc5c4[C@@H](c4cc(O)cc(O)c4[C@H](c4ccc(O)cc4)[C@H]32)[C@H](c2ccc(O)cc2)O5)[C@@H](O)[C@H](O)[C@H]1O. The predicted octanol–water partition coefficient (Wildman–Crippen LogP) is 4.93. The van der Waals surface area contributed by atoms with Crippen LogP contribution in [0.1, 0.15) is 85.8 Å².